The zero-order valence-electron chi connectivity index (χ0n) is 6.79. The summed E-state index contributed by atoms with van der Waals surface area (Å²) in [7, 11) is 0. The van der Waals surface area contributed by atoms with E-state index in [2.05, 4.69) is 18.8 Å². The molecule has 0 aliphatic heterocycles. The van der Waals surface area contributed by atoms with Crippen LogP contribution in [0.1, 0.15) is 31.2 Å². The Balaban J connectivity index is 2.20. The second kappa shape index (κ2) is 1.97. The second-order valence-electron chi connectivity index (χ2n) is 3.86. The van der Waals surface area contributed by atoms with E-state index < -0.39 is 0 Å². The van der Waals surface area contributed by atoms with E-state index in [1.54, 1.807) is 11.3 Å². The number of thiazole rings is 1. The van der Waals surface area contributed by atoms with Gasteiger partial charge in [-0.25, -0.2) is 4.98 Å². The van der Waals surface area contributed by atoms with Crippen molar-refractivity contribution in [1.29, 1.82) is 0 Å². The Bertz CT molecular complexity index is 277. The highest BCUT2D eigenvalue weighted by atomic mass is 32.1. The SMILES string of the molecule is CC1(C)CC1c1nc(N)cs1. The van der Waals surface area contributed by atoms with Crippen LogP contribution in [0.5, 0.6) is 0 Å². The van der Waals surface area contributed by atoms with Crippen molar-refractivity contribution >= 4 is 17.2 Å². The van der Waals surface area contributed by atoms with Crippen LogP contribution in [-0.2, 0) is 0 Å². The summed E-state index contributed by atoms with van der Waals surface area (Å²) >= 11 is 1.69. The molecule has 0 spiro atoms. The first-order valence-corrected chi connectivity index (χ1v) is 4.68. The van der Waals surface area contributed by atoms with Crippen molar-refractivity contribution < 1.29 is 0 Å². The van der Waals surface area contributed by atoms with E-state index in [4.69, 9.17) is 5.73 Å². The van der Waals surface area contributed by atoms with Crippen molar-refractivity contribution in [1.82, 2.24) is 4.98 Å². The third-order valence-corrected chi connectivity index (χ3v) is 3.33. The quantitative estimate of drug-likeness (QED) is 0.698. The van der Waals surface area contributed by atoms with Gasteiger partial charge in [0, 0.05) is 11.3 Å². The van der Waals surface area contributed by atoms with Gasteiger partial charge in [-0.3, -0.25) is 0 Å². The Hall–Kier alpha value is -0.570. The highest BCUT2D eigenvalue weighted by Gasteiger charge is 2.48. The third-order valence-electron chi connectivity index (χ3n) is 2.35. The van der Waals surface area contributed by atoms with Gasteiger partial charge in [0.2, 0.25) is 0 Å². The summed E-state index contributed by atoms with van der Waals surface area (Å²) in [5.41, 5.74) is 6.01. The predicted octanol–water partition coefficient (Wildman–Crippen LogP) is 2.24. The lowest BCUT2D eigenvalue weighted by atomic mass is 10.1. The number of rotatable bonds is 1. The largest absolute Gasteiger partial charge is 0.383 e. The van der Waals surface area contributed by atoms with Crippen LogP contribution in [0.15, 0.2) is 5.38 Å². The van der Waals surface area contributed by atoms with Crippen LogP contribution in [0, 0.1) is 5.41 Å². The van der Waals surface area contributed by atoms with E-state index in [9.17, 15) is 0 Å². The van der Waals surface area contributed by atoms with E-state index in [-0.39, 0.29) is 0 Å². The zero-order valence-corrected chi connectivity index (χ0v) is 7.61. The highest BCUT2D eigenvalue weighted by Crippen LogP contribution is 2.59. The van der Waals surface area contributed by atoms with Crippen LogP contribution in [0.25, 0.3) is 0 Å². The summed E-state index contributed by atoms with van der Waals surface area (Å²) in [5, 5.41) is 3.14. The average Bonchev–Trinajstić information content (AvgIpc) is 2.39. The van der Waals surface area contributed by atoms with Gasteiger partial charge in [-0.15, -0.1) is 11.3 Å². The molecule has 1 fully saturated rings. The Kier molecular flexibility index (Phi) is 1.27. The molecule has 1 aromatic rings. The molecule has 2 rings (SSSR count). The first kappa shape index (κ1) is 7.10. The standard InChI is InChI=1S/C8H12N2S/c1-8(2)3-5(8)7-10-6(9)4-11-7/h4-5H,3,9H2,1-2H3. The van der Waals surface area contributed by atoms with E-state index in [0.717, 1.165) is 0 Å². The summed E-state index contributed by atoms with van der Waals surface area (Å²) < 4.78 is 0. The molecule has 2 nitrogen and oxygen atoms in total. The van der Waals surface area contributed by atoms with Crippen LogP contribution in [-0.4, -0.2) is 4.98 Å². The molecule has 0 bridgehead atoms. The maximum Gasteiger partial charge on any atom is 0.134 e. The Morgan fingerprint density at radius 2 is 2.36 bits per heavy atom. The first-order chi connectivity index (χ1) is 5.09. The van der Waals surface area contributed by atoms with Gasteiger partial charge < -0.3 is 5.73 Å². The van der Waals surface area contributed by atoms with Gasteiger partial charge in [0.1, 0.15) is 5.82 Å². The van der Waals surface area contributed by atoms with Crippen molar-refractivity contribution in [2.24, 2.45) is 5.41 Å². The fourth-order valence-corrected chi connectivity index (χ4v) is 2.37. The molecule has 0 aromatic carbocycles. The van der Waals surface area contributed by atoms with Crippen molar-refractivity contribution in [3.8, 4) is 0 Å². The molecule has 3 heteroatoms. The Morgan fingerprint density at radius 3 is 2.73 bits per heavy atom. The minimum atomic E-state index is 0.476. The maximum absolute atomic E-state index is 5.53. The molecule has 1 saturated carbocycles. The zero-order chi connectivity index (χ0) is 8.06. The monoisotopic (exact) mass is 168 g/mol. The van der Waals surface area contributed by atoms with Gasteiger partial charge in [-0.05, 0) is 11.8 Å². The number of aromatic nitrogens is 1. The molecule has 1 aliphatic rings. The summed E-state index contributed by atoms with van der Waals surface area (Å²) in [6.07, 6.45) is 1.26. The van der Waals surface area contributed by atoms with E-state index in [1.165, 1.54) is 11.4 Å². The topological polar surface area (TPSA) is 38.9 Å². The van der Waals surface area contributed by atoms with Crippen molar-refractivity contribution in [3.63, 3.8) is 0 Å². The predicted molar refractivity (Wildman–Crippen MR) is 47.7 cm³/mol. The van der Waals surface area contributed by atoms with E-state index in [1.807, 2.05) is 5.38 Å². The Labute approximate surface area is 70.5 Å². The molecular weight excluding hydrogens is 156 g/mol. The van der Waals surface area contributed by atoms with Crippen molar-refractivity contribution in [2.75, 3.05) is 5.73 Å². The molecule has 60 valence electrons. The number of anilines is 1. The lowest BCUT2D eigenvalue weighted by Gasteiger charge is -1.97. The summed E-state index contributed by atoms with van der Waals surface area (Å²) in [4.78, 5) is 4.26. The number of nitrogen functional groups attached to an aromatic ring is 1. The second-order valence-corrected chi connectivity index (χ2v) is 4.75. The van der Waals surface area contributed by atoms with Gasteiger partial charge in [0.15, 0.2) is 0 Å². The van der Waals surface area contributed by atoms with Gasteiger partial charge in [0.05, 0.1) is 5.01 Å². The highest BCUT2D eigenvalue weighted by molar-refractivity contribution is 7.10. The van der Waals surface area contributed by atoms with Gasteiger partial charge in [-0.2, -0.15) is 0 Å². The molecule has 0 saturated heterocycles. The van der Waals surface area contributed by atoms with Crippen LogP contribution in [0.2, 0.25) is 0 Å². The fraction of sp³-hybridized carbons (Fsp3) is 0.625. The molecule has 2 N–H and O–H groups in total. The molecule has 11 heavy (non-hydrogen) atoms. The maximum atomic E-state index is 5.53. The molecule has 1 aromatic heterocycles. The number of hydrogen-bond acceptors (Lipinski definition) is 3. The summed E-state index contributed by atoms with van der Waals surface area (Å²) in [5.74, 6) is 1.34. The summed E-state index contributed by atoms with van der Waals surface area (Å²) in [6, 6.07) is 0. The molecule has 1 aliphatic carbocycles. The minimum Gasteiger partial charge on any atom is -0.383 e. The van der Waals surface area contributed by atoms with Crippen LogP contribution >= 0.6 is 11.3 Å². The van der Waals surface area contributed by atoms with Crippen LogP contribution < -0.4 is 5.73 Å². The number of nitrogens with two attached hydrogens (primary N) is 1. The normalized spacial score (nSPS) is 26.9. The fourth-order valence-electron chi connectivity index (χ4n) is 1.35. The van der Waals surface area contributed by atoms with Gasteiger partial charge in [-0.1, -0.05) is 13.8 Å². The molecule has 0 radical (unpaired) electrons. The van der Waals surface area contributed by atoms with Crippen molar-refractivity contribution in [3.05, 3.63) is 10.4 Å². The number of nitrogens with zero attached hydrogens (tertiary/aromatic N) is 1. The molecule has 0 amide bonds. The van der Waals surface area contributed by atoms with Gasteiger partial charge >= 0.3 is 0 Å². The number of hydrogen-bond donors (Lipinski definition) is 1. The molecule has 1 unspecified atom stereocenters. The lowest BCUT2D eigenvalue weighted by molar-refractivity contribution is 0.620. The van der Waals surface area contributed by atoms with Crippen LogP contribution in [0.3, 0.4) is 0 Å². The first-order valence-electron chi connectivity index (χ1n) is 3.80. The minimum absolute atomic E-state index is 0.476. The van der Waals surface area contributed by atoms with E-state index >= 15 is 0 Å². The Morgan fingerprint density at radius 1 is 1.73 bits per heavy atom. The lowest BCUT2D eigenvalue weighted by Crippen LogP contribution is -1.90. The van der Waals surface area contributed by atoms with Crippen LogP contribution in [0.4, 0.5) is 5.82 Å². The van der Waals surface area contributed by atoms with Gasteiger partial charge in [0.25, 0.3) is 0 Å². The summed E-state index contributed by atoms with van der Waals surface area (Å²) in [6.45, 7) is 4.55. The smallest absolute Gasteiger partial charge is 0.134 e. The molecule has 1 atom stereocenters. The molecular formula is C8H12N2S. The van der Waals surface area contributed by atoms with Crippen molar-refractivity contribution in [2.45, 2.75) is 26.2 Å². The van der Waals surface area contributed by atoms with E-state index in [0.29, 0.717) is 17.2 Å². The molecule has 1 heterocycles. The third kappa shape index (κ3) is 1.13. The average molecular weight is 168 g/mol.